The molecule has 1 N–H and O–H groups in total. The number of sulfonamides is 1. The van der Waals surface area contributed by atoms with E-state index in [1.807, 2.05) is 19.1 Å². The molecule has 0 unspecified atom stereocenters. The lowest BCUT2D eigenvalue weighted by atomic mass is 10.2. The van der Waals surface area contributed by atoms with E-state index < -0.39 is 15.9 Å². The molecule has 0 saturated heterocycles. The Labute approximate surface area is 158 Å². The van der Waals surface area contributed by atoms with Crippen LogP contribution in [0.15, 0.2) is 47.4 Å². The van der Waals surface area contributed by atoms with Crippen molar-refractivity contribution in [3.8, 4) is 6.07 Å². The molecule has 0 spiro atoms. The highest BCUT2D eigenvalue weighted by atomic mass is 35.5. The quantitative estimate of drug-likeness (QED) is 0.816. The monoisotopic (exact) mass is 391 g/mol. The molecule has 0 aliphatic rings. The van der Waals surface area contributed by atoms with Crippen LogP contribution < -0.4 is 4.72 Å². The summed E-state index contributed by atoms with van der Waals surface area (Å²) in [7, 11) is -2.35. The maximum atomic E-state index is 12.6. The number of nitrogens with one attached hydrogen (secondary N) is 1. The third kappa shape index (κ3) is 4.75. The molecule has 2 aromatic rings. The molecule has 6 nitrogen and oxygen atoms in total. The number of nitriles is 1. The van der Waals surface area contributed by atoms with Gasteiger partial charge in [-0.3, -0.25) is 9.52 Å². The maximum absolute atomic E-state index is 12.6. The molecule has 26 heavy (non-hydrogen) atoms. The van der Waals surface area contributed by atoms with E-state index in [0.29, 0.717) is 5.69 Å². The number of anilines is 1. The van der Waals surface area contributed by atoms with E-state index in [1.165, 1.54) is 30.1 Å². The molecular weight excluding hydrogens is 374 g/mol. The van der Waals surface area contributed by atoms with Crippen LogP contribution in [-0.4, -0.2) is 32.8 Å². The molecule has 8 heteroatoms. The highest BCUT2D eigenvalue weighted by molar-refractivity contribution is 7.92. The number of halogens is 1. The van der Waals surface area contributed by atoms with Gasteiger partial charge in [0.05, 0.1) is 28.0 Å². The molecule has 0 radical (unpaired) electrons. The second kappa shape index (κ2) is 8.21. The van der Waals surface area contributed by atoms with Crippen molar-refractivity contribution in [2.45, 2.75) is 18.2 Å². The number of aryl methyl sites for hydroxylation is 1. The lowest BCUT2D eigenvalue weighted by Gasteiger charge is -2.17. The van der Waals surface area contributed by atoms with Gasteiger partial charge in [0.2, 0.25) is 0 Å². The van der Waals surface area contributed by atoms with Crippen molar-refractivity contribution in [3.63, 3.8) is 0 Å². The third-order valence-electron chi connectivity index (χ3n) is 3.65. The Bertz CT molecular complexity index is 968. The van der Waals surface area contributed by atoms with Gasteiger partial charge in [-0.2, -0.15) is 5.26 Å². The number of hydrogen-bond donors (Lipinski definition) is 1. The molecule has 0 heterocycles. The Morgan fingerprint density at radius 2 is 2.00 bits per heavy atom. The Balaban J connectivity index is 2.33. The minimum atomic E-state index is -3.88. The topological polar surface area (TPSA) is 90.3 Å². The summed E-state index contributed by atoms with van der Waals surface area (Å²) < 4.78 is 27.7. The van der Waals surface area contributed by atoms with Crippen LogP contribution in [0.2, 0.25) is 5.02 Å². The van der Waals surface area contributed by atoms with Gasteiger partial charge in [-0.1, -0.05) is 23.7 Å². The normalized spacial score (nSPS) is 10.8. The van der Waals surface area contributed by atoms with Crippen LogP contribution in [0.3, 0.4) is 0 Å². The fourth-order valence-electron chi connectivity index (χ4n) is 2.28. The van der Waals surface area contributed by atoms with Gasteiger partial charge in [0, 0.05) is 19.3 Å². The van der Waals surface area contributed by atoms with Gasteiger partial charge >= 0.3 is 0 Å². The van der Waals surface area contributed by atoms with Crippen molar-refractivity contribution in [3.05, 3.63) is 58.6 Å². The Morgan fingerprint density at radius 3 is 2.65 bits per heavy atom. The largest absolute Gasteiger partial charge is 0.341 e. The number of carbonyl (C=O) groups excluding carboxylic acids is 1. The fraction of sp³-hybridized carbons (Fsp3) is 0.222. The molecule has 0 saturated carbocycles. The summed E-state index contributed by atoms with van der Waals surface area (Å²) in [6.45, 7) is 2.08. The highest BCUT2D eigenvalue weighted by Gasteiger charge is 2.21. The van der Waals surface area contributed by atoms with Crippen molar-refractivity contribution in [2.75, 3.05) is 18.3 Å². The number of rotatable bonds is 6. The predicted octanol–water partition coefficient (Wildman–Crippen LogP) is 3.43. The van der Waals surface area contributed by atoms with E-state index in [-0.39, 0.29) is 28.4 Å². The minimum absolute atomic E-state index is 0.0687. The second-order valence-electron chi connectivity index (χ2n) is 5.75. The van der Waals surface area contributed by atoms with Crippen LogP contribution in [0, 0.1) is 18.3 Å². The zero-order valence-electron chi connectivity index (χ0n) is 14.4. The van der Waals surface area contributed by atoms with E-state index in [4.69, 9.17) is 16.9 Å². The molecule has 0 fully saturated rings. The van der Waals surface area contributed by atoms with Crippen molar-refractivity contribution in [1.29, 1.82) is 5.26 Å². The van der Waals surface area contributed by atoms with Crippen molar-refractivity contribution in [1.82, 2.24) is 4.90 Å². The summed E-state index contributed by atoms with van der Waals surface area (Å²) in [4.78, 5) is 13.7. The van der Waals surface area contributed by atoms with Crippen LogP contribution in [0.4, 0.5) is 5.69 Å². The fourth-order valence-corrected chi connectivity index (χ4v) is 3.56. The summed E-state index contributed by atoms with van der Waals surface area (Å²) in [5.74, 6) is -0.446. The molecule has 136 valence electrons. The Hall–Kier alpha value is -2.56. The van der Waals surface area contributed by atoms with Gasteiger partial charge in [0.15, 0.2) is 0 Å². The lowest BCUT2D eigenvalue weighted by Crippen LogP contribution is -2.28. The van der Waals surface area contributed by atoms with Gasteiger partial charge in [-0.25, -0.2) is 8.42 Å². The van der Waals surface area contributed by atoms with E-state index in [1.54, 1.807) is 18.2 Å². The van der Waals surface area contributed by atoms with E-state index >= 15 is 0 Å². The van der Waals surface area contributed by atoms with Crippen molar-refractivity contribution in [2.24, 2.45) is 0 Å². The average Bonchev–Trinajstić information content (AvgIpc) is 2.58. The van der Waals surface area contributed by atoms with Gasteiger partial charge < -0.3 is 4.90 Å². The first-order valence-electron chi connectivity index (χ1n) is 7.76. The van der Waals surface area contributed by atoms with E-state index in [9.17, 15) is 13.2 Å². The van der Waals surface area contributed by atoms with Crippen LogP contribution in [0.1, 0.15) is 22.3 Å². The first kappa shape index (κ1) is 19.8. The zero-order valence-corrected chi connectivity index (χ0v) is 15.9. The summed E-state index contributed by atoms with van der Waals surface area (Å²) in [6, 6.07) is 12.9. The molecule has 1 amide bonds. The highest BCUT2D eigenvalue weighted by Crippen LogP contribution is 2.24. The number of nitrogens with zero attached hydrogens (tertiary/aromatic N) is 2. The second-order valence-corrected chi connectivity index (χ2v) is 7.84. The number of hydrogen-bond acceptors (Lipinski definition) is 4. The number of amides is 1. The Kier molecular flexibility index (Phi) is 6.24. The summed E-state index contributed by atoms with van der Waals surface area (Å²) in [6.07, 6.45) is 0.173. The molecule has 0 aliphatic carbocycles. The van der Waals surface area contributed by atoms with Crippen molar-refractivity contribution < 1.29 is 13.2 Å². The molecule has 0 bridgehead atoms. The molecule has 0 aromatic heterocycles. The van der Waals surface area contributed by atoms with Gasteiger partial charge in [-0.05, 0) is 42.8 Å². The number of carbonyl (C=O) groups is 1. The molecule has 2 rings (SSSR count). The Morgan fingerprint density at radius 1 is 1.27 bits per heavy atom. The standard InChI is InChI=1S/C18H18ClN3O3S/c1-13-5-3-6-14(11-13)21-26(24,25)15-7-8-17(19)16(12-15)18(23)22(2)10-4-9-20/h3,5-8,11-12,21H,4,10H2,1-2H3. The molecule has 2 aromatic carbocycles. The number of benzene rings is 2. The average molecular weight is 392 g/mol. The zero-order chi connectivity index (χ0) is 19.3. The van der Waals surface area contributed by atoms with E-state index in [0.717, 1.165) is 5.56 Å². The predicted molar refractivity (Wildman–Crippen MR) is 101 cm³/mol. The van der Waals surface area contributed by atoms with Gasteiger partial charge in [-0.15, -0.1) is 0 Å². The maximum Gasteiger partial charge on any atom is 0.261 e. The summed E-state index contributed by atoms with van der Waals surface area (Å²) in [5.41, 5.74) is 1.41. The first-order chi connectivity index (χ1) is 12.2. The minimum Gasteiger partial charge on any atom is -0.341 e. The van der Waals surface area contributed by atoms with Crippen molar-refractivity contribution >= 4 is 33.2 Å². The van der Waals surface area contributed by atoms with E-state index in [2.05, 4.69) is 4.72 Å². The molecule has 0 atom stereocenters. The van der Waals surface area contributed by atoms with Crippen LogP contribution in [-0.2, 0) is 10.0 Å². The van der Waals surface area contributed by atoms with Crippen LogP contribution >= 0.6 is 11.6 Å². The lowest BCUT2D eigenvalue weighted by molar-refractivity contribution is 0.0798. The van der Waals surface area contributed by atoms with Gasteiger partial charge in [0.25, 0.3) is 15.9 Å². The summed E-state index contributed by atoms with van der Waals surface area (Å²) in [5, 5.41) is 8.78. The summed E-state index contributed by atoms with van der Waals surface area (Å²) >= 11 is 6.07. The van der Waals surface area contributed by atoms with Crippen LogP contribution in [0.5, 0.6) is 0 Å². The third-order valence-corrected chi connectivity index (χ3v) is 5.36. The SMILES string of the molecule is Cc1cccc(NS(=O)(=O)c2ccc(Cl)c(C(=O)N(C)CCC#N)c2)c1. The molecular formula is C18H18ClN3O3S. The molecule has 0 aliphatic heterocycles. The smallest absolute Gasteiger partial charge is 0.261 e. The van der Waals surface area contributed by atoms with Crippen LogP contribution in [0.25, 0.3) is 0 Å². The van der Waals surface area contributed by atoms with Gasteiger partial charge in [0.1, 0.15) is 0 Å². The first-order valence-corrected chi connectivity index (χ1v) is 9.62.